The molecule has 0 amide bonds. The summed E-state index contributed by atoms with van der Waals surface area (Å²) in [5.74, 6) is -0.303. The molecule has 0 fully saturated rings. The molecule has 0 aliphatic rings. The number of aromatic nitrogens is 1. The summed E-state index contributed by atoms with van der Waals surface area (Å²) >= 11 is 0. The number of nitrogens with one attached hydrogen (secondary N) is 1. The van der Waals surface area contributed by atoms with Crippen molar-refractivity contribution in [1.29, 1.82) is 0 Å². The van der Waals surface area contributed by atoms with Crippen molar-refractivity contribution in [2.45, 2.75) is 44.9 Å². The van der Waals surface area contributed by atoms with Gasteiger partial charge >= 0.3 is 0 Å². The van der Waals surface area contributed by atoms with E-state index in [0.717, 1.165) is 24.8 Å². The zero-order valence-electron chi connectivity index (χ0n) is 15.0. The van der Waals surface area contributed by atoms with Gasteiger partial charge in [0.05, 0.1) is 6.10 Å². The number of aliphatic hydroxyl groups is 1. The number of aliphatic hydroxyl groups excluding tert-OH is 1. The predicted octanol–water partition coefficient (Wildman–Crippen LogP) is 4.76. The largest absolute Gasteiger partial charge is 0.388 e. The third-order valence-corrected chi connectivity index (χ3v) is 4.71. The van der Waals surface area contributed by atoms with Crippen molar-refractivity contribution < 1.29 is 9.50 Å². The Hall–Kier alpha value is -2.30. The van der Waals surface area contributed by atoms with E-state index in [1.807, 2.05) is 18.5 Å². The molecule has 1 unspecified atom stereocenters. The van der Waals surface area contributed by atoms with Gasteiger partial charge in [0, 0.05) is 30.4 Å². The average molecular weight is 352 g/mol. The molecule has 0 radical (unpaired) electrons. The molecule has 2 aromatic carbocycles. The Morgan fingerprint density at radius 2 is 1.96 bits per heavy atom. The van der Waals surface area contributed by atoms with E-state index in [1.54, 1.807) is 12.1 Å². The van der Waals surface area contributed by atoms with Gasteiger partial charge in [-0.05, 0) is 67.0 Å². The molecule has 0 bridgehead atoms. The highest BCUT2D eigenvalue weighted by atomic mass is 19.1. The molecule has 0 aliphatic carbocycles. The lowest BCUT2D eigenvalue weighted by Gasteiger charge is -2.16. The first-order valence-electron chi connectivity index (χ1n) is 9.11. The van der Waals surface area contributed by atoms with E-state index < -0.39 is 6.10 Å². The molecule has 3 aromatic rings. The summed E-state index contributed by atoms with van der Waals surface area (Å²) < 4.78 is 13.2. The Morgan fingerprint density at radius 3 is 2.81 bits per heavy atom. The summed E-state index contributed by atoms with van der Waals surface area (Å²) in [6.07, 6.45) is 5.56. The summed E-state index contributed by atoms with van der Waals surface area (Å²) in [6.45, 7) is 2.96. The van der Waals surface area contributed by atoms with Crippen LogP contribution in [-0.2, 0) is 6.54 Å². The molecule has 1 aromatic heterocycles. The van der Waals surface area contributed by atoms with Crippen LogP contribution >= 0.6 is 0 Å². The molecule has 3 nitrogen and oxygen atoms in total. The second-order valence-electron chi connectivity index (χ2n) is 6.84. The van der Waals surface area contributed by atoms with Crippen molar-refractivity contribution in [2.75, 3.05) is 0 Å². The zero-order chi connectivity index (χ0) is 18.4. The Balaban J connectivity index is 1.43. The van der Waals surface area contributed by atoms with E-state index >= 15 is 0 Å². The van der Waals surface area contributed by atoms with E-state index in [1.165, 1.54) is 23.1 Å². The SMILES string of the molecule is C[C@H](CCCC(O)c1cccc(F)c1)NCc1ccc2cnccc2c1. The first-order valence-corrected chi connectivity index (χ1v) is 9.11. The summed E-state index contributed by atoms with van der Waals surface area (Å²) in [4.78, 5) is 4.13. The molecular formula is C22H25FN2O. The van der Waals surface area contributed by atoms with Crippen molar-refractivity contribution in [1.82, 2.24) is 10.3 Å². The van der Waals surface area contributed by atoms with E-state index in [2.05, 4.69) is 35.4 Å². The molecule has 26 heavy (non-hydrogen) atoms. The molecular weight excluding hydrogens is 327 g/mol. The topological polar surface area (TPSA) is 45.1 Å². The summed E-state index contributed by atoms with van der Waals surface area (Å²) in [7, 11) is 0. The highest BCUT2D eigenvalue weighted by molar-refractivity contribution is 5.81. The Labute approximate surface area is 153 Å². The van der Waals surface area contributed by atoms with Crippen LogP contribution in [0.25, 0.3) is 10.8 Å². The quantitative estimate of drug-likeness (QED) is 0.614. The Bertz CT molecular complexity index is 852. The number of fused-ring (bicyclic) bond motifs is 1. The van der Waals surface area contributed by atoms with E-state index in [9.17, 15) is 9.50 Å². The fraction of sp³-hybridized carbons (Fsp3) is 0.318. The first kappa shape index (κ1) is 18.5. The van der Waals surface area contributed by atoms with Gasteiger partial charge in [-0.3, -0.25) is 4.98 Å². The van der Waals surface area contributed by atoms with Crippen LogP contribution in [0.2, 0.25) is 0 Å². The van der Waals surface area contributed by atoms with Crippen LogP contribution in [0, 0.1) is 5.82 Å². The lowest BCUT2D eigenvalue weighted by molar-refractivity contribution is 0.162. The van der Waals surface area contributed by atoms with Gasteiger partial charge in [-0.1, -0.05) is 24.3 Å². The summed E-state index contributed by atoms with van der Waals surface area (Å²) in [5.41, 5.74) is 1.90. The Morgan fingerprint density at radius 1 is 1.08 bits per heavy atom. The number of pyridine rings is 1. The van der Waals surface area contributed by atoms with Gasteiger partial charge in [-0.2, -0.15) is 0 Å². The highest BCUT2D eigenvalue weighted by Gasteiger charge is 2.09. The smallest absolute Gasteiger partial charge is 0.123 e. The minimum Gasteiger partial charge on any atom is -0.388 e. The maximum absolute atomic E-state index is 13.2. The number of nitrogens with zero attached hydrogens (tertiary/aromatic N) is 1. The predicted molar refractivity (Wildman–Crippen MR) is 103 cm³/mol. The first-order chi connectivity index (χ1) is 12.6. The lowest BCUT2D eigenvalue weighted by Crippen LogP contribution is -2.25. The monoisotopic (exact) mass is 352 g/mol. The van der Waals surface area contributed by atoms with Crippen molar-refractivity contribution in [3.8, 4) is 0 Å². The minimum absolute atomic E-state index is 0.303. The van der Waals surface area contributed by atoms with Crippen molar-refractivity contribution in [3.05, 3.63) is 77.9 Å². The third kappa shape index (κ3) is 5.10. The van der Waals surface area contributed by atoms with Crippen LogP contribution in [0.1, 0.15) is 43.4 Å². The summed E-state index contributed by atoms with van der Waals surface area (Å²) in [6, 6.07) is 15.0. The fourth-order valence-corrected chi connectivity index (χ4v) is 3.13. The highest BCUT2D eigenvalue weighted by Crippen LogP contribution is 2.20. The van der Waals surface area contributed by atoms with Crippen LogP contribution in [0.4, 0.5) is 4.39 Å². The minimum atomic E-state index is -0.605. The second-order valence-corrected chi connectivity index (χ2v) is 6.84. The Kier molecular flexibility index (Phi) is 6.31. The van der Waals surface area contributed by atoms with Crippen LogP contribution in [0.15, 0.2) is 60.9 Å². The van der Waals surface area contributed by atoms with Crippen LogP contribution < -0.4 is 5.32 Å². The van der Waals surface area contributed by atoms with Gasteiger partial charge in [-0.25, -0.2) is 4.39 Å². The number of rotatable bonds is 8. The molecule has 0 saturated carbocycles. The molecule has 2 atom stereocenters. The molecule has 0 saturated heterocycles. The normalized spacial score (nSPS) is 13.7. The second kappa shape index (κ2) is 8.88. The maximum atomic E-state index is 13.2. The zero-order valence-corrected chi connectivity index (χ0v) is 15.0. The average Bonchev–Trinajstić information content (AvgIpc) is 2.66. The van der Waals surface area contributed by atoms with Gasteiger partial charge in [0.15, 0.2) is 0 Å². The van der Waals surface area contributed by atoms with Gasteiger partial charge in [0.2, 0.25) is 0 Å². The number of benzene rings is 2. The van der Waals surface area contributed by atoms with Gasteiger partial charge < -0.3 is 10.4 Å². The molecule has 2 N–H and O–H groups in total. The van der Waals surface area contributed by atoms with E-state index in [0.29, 0.717) is 18.0 Å². The third-order valence-electron chi connectivity index (χ3n) is 4.71. The van der Waals surface area contributed by atoms with E-state index in [4.69, 9.17) is 0 Å². The van der Waals surface area contributed by atoms with Gasteiger partial charge in [-0.15, -0.1) is 0 Å². The van der Waals surface area contributed by atoms with E-state index in [-0.39, 0.29) is 5.82 Å². The lowest BCUT2D eigenvalue weighted by atomic mass is 10.0. The van der Waals surface area contributed by atoms with Gasteiger partial charge in [0.1, 0.15) is 5.82 Å². The molecule has 4 heteroatoms. The summed E-state index contributed by atoms with van der Waals surface area (Å²) in [5, 5.41) is 16.1. The van der Waals surface area contributed by atoms with Crippen molar-refractivity contribution in [2.24, 2.45) is 0 Å². The van der Waals surface area contributed by atoms with Crippen molar-refractivity contribution in [3.63, 3.8) is 0 Å². The van der Waals surface area contributed by atoms with Crippen LogP contribution in [-0.4, -0.2) is 16.1 Å². The number of hydrogen-bond donors (Lipinski definition) is 2. The van der Waals surface area contributed by atoms with Crippen LogP contribution in [0.3, 0.4) is 0 Å². The molecule has 1 heterocycles. The number of halogens is 1. The van der Waals surface area contributed by atoms with Gasteiger partial charge in [0.25, 0.3) is 0 Å². The molecule has 3 rings (SSSR count). The standard InChI is InChI=1S/C22H25FN2O/c1-16(4-2-7-22(26)19-5-3-6-21(23)13-19)25-14-17-8-9-20-15-24-11-10-18(20)12-17/h3,5-6,8-13,15-16,22,25-26H,2,4,7,14H2,1H3/t16-,22?/m1/s1. The molecule has 0 aliphatic heterocycles. The van der Waals surface area contributed by atoms with Crippen molar-refractivity contribution >= 4 is 10.8 Å². The fourth-order valence-electron chi connectivity index (χ4n) is 3.13. The number of hydrogen-bond acceptors (Lipinski definition) is 3. The molecule has 0 spiro atoms. The maximum Gasteiger partial charge on any atom is 0.123 e. The van der Waals surface area contributed by atoms with Crippen LogP contribution in [0.5, 0.6) is 0 Å². The molecule has 136 valence electrons.